The molecule has 4 nitrogen and oxygen atoms in total. The molecule has 0 fully saturated rings. The summed E-state index contributed by atoms with van der Waals surface area (Å²) in [6, 6.07) is 17.2. The Bertz CT molecular complexity index is 896. The third-order valence-electron chi connectivity index (χ3n) is 4.33. The first-order valence-electron chi connectivity index (χ1n) is 9.01. The summed E-state index contributed by atoms with van der Waals surface area (Å²) in [5, 5.41) is 9.50. The number of hydrogen-bond acceptors (Lipinski definition) is 4. The molecule has 0 aliphatic heterocycles. The van der Waals surface area contributed by atoms with Gasteiger partial charge in [0.05, 0.1) is 6.61 Å². The van der Waals surface area contributed by atoms with E-state index in [0.717, 1.165) is 34.9 Å². The summed E-state index contributed by atoms with van der Waals surface area (Å²) in [7, 11) is 0. The highest BCUT2D eigenvalue weighted by atomic mass is 16.5. The molecule has 26 heavy (non-hydrogen) atoms. The first kappa shape index (κ1) is 17.9. The Kier molecular flexibility index (Phi) is 5.84. The topological polar surface area (TPSA) is 63.3 Å². The fourth-order valence-electron chi connectivity index (χ4n) is 2.91. The van der Waals surface area contributed by atoms with E-state index < -0.39 is 0 Å². The predicted molar refractivity (Wildman–Crippen MR) is 103 cm³/mol. The molecular formula is C22H23NO3. The molecule has 0 radical (unpaired) electrons. The highest BCUT2D eigenvalue weighted by Gasteiger charge is 2.19. The molecule has 0 atom stereocenters. The van der Waals surface area contributed by atoms with Gasteiger partial charge in [0.2, 0.25) is 0 Å². The summed E-state index contributed by atoms with van der Waals surface area (Å²) >= 11 is 0. The van der Waals surface area contributed by atoms with Gasteiger partial charge < -0.3 is 9.15 Å². The number of carbonyl (C=O) groups excluding carboxylic acids is 1. The zero-order valence-corrected chi connectivity index (χ0v) is 15.0. The highest BCUT2D eigenvalue weighted by Crippen LogP contribution is 2.29. The van der Waals surface area contributed by atoms with Crippen LogP contribution in [0.25, 0.3) is 11.0 Å². The number of furan rings is 1. The van der Waals surface area contributed by atoms with Crippen molar-refractivity contribution in [1.82, 2.24) is 0 Å². The van der Waals surface area contributed by atoms with E-state index in [9.17, 15) is 4.79 Å². The van der Waals surface area contributed by atoms with Gasteiger partial charge >= 0.3 is 5.97 Å². The number of ether oxygens (including phenoxy) is 1. The second-order valence-corrected chi connectivity index (χ2v) is 6.22. The summed E-state index contributed by atoms with van der Waals surface area (Å²) < 4.78 is 11.2. The SMILES string of the molecule is CCCCOC(=O)CCc1c(C(=N)c2ccccc2)oc2ccccc12. The fourth-order valence-corrected chi connectivity index (χ4v) is 2.91. The molecule has 0 saturated heterocycles. The van der Waals surface area contributed by atoms with Gasteiger partial charge in [0.1, 0.15) is 11.3 Å². The number of para-hydroxylation sites is 1. The number of hydrogen-bond donors (Lipinski definition) is 1. The Labute approximate surface area is 153 Å². The molecule has 0 spiro atoms. The van der Waals surface area contributed by atoms with Crippen LogP contribution >= 0.6 is 0 Å². The second kappa shape index (κ2) is 8.48. The van der Waals surface area contributed by atoms with Crippen molar-refractivity contribution >= 4 is 22.7 Å². The Morgan fingerprint density at radius 2 is 1.81 bits per heavy atom. The summed E-state index contributed by atoms with van der Waals surface area (Å²) in [6.07, 6.45) is 2.65. The minimum Gasteiger partial charge on any atom is -0.466 e. The molecule has 0 bridgehead atoms. The van der Waals surface area contributed by atoms with Crippen LogP contribution in [0.1, 0.15) is 43.1 Å². The van der Waals surface area contributed by atoms with Crippen molar-refractivity contribution in [3.8, 4) is 0 Å². The van der Waals surface area contributed by atoms with Crippen molar-refractivity contribution < 1.29 is 13.9 Å². The monoisotopic (exact) mass is 349 g/mol. The molecule has 0 aliphatic carbocycles. The van der Waals surface area contributed by atoms with Gasteiger partial charge in [0, 0.05) is 22.9 Å². The van der Waals surface area contributed by atoms with E-state index in [1.807, 2.05) is 54.6 Å². The van der Waals surface area contributed by atoms with Gasteiger partial charge in [-0.1, -0.05) is 61.9 Å². The summed E-state index contributed by atoms with van der Waals surface area (Å²) in [5.41, 5.74) is 2.74. The average molecular weight is 349 g/mol. The van der Waals surface area contributed by atoms with Crippen LogP contribution in [0.3, 0.4) is 0 Å². The lowest BCUT2D eigenvalue weighted by molar-refractivity contribution is -0.143. The summed E-state index contributed by atoms with van der Waals surface area (Å²) in [4.78, 5) is 12.0. The number of rotatable bonds is 8. The average Bonchev–Trinajstić information content (AvgIpc) is 3.05. The smallest absolute Gasteiger partial charge is 0.306 e. The first-order valence-corrected chi connectivity index (χ1v) is 9.01. The lowest BCUT2D eigenvalue weighted by Crippen LogP contribution is -2.09. The van der Waals surface area contributed by atoms with Crippen LogP contribution in [0.2, 0.25) is 0 Å². The van der Waals surface area contributed by atoms with E-state index in [1.165, 1.54) is 0 Å². The van der Waals surface area contributed by atoms with Gasteiger partial charge in [0.25, 0.3) is 0 Å². The van der Waals surface area contributed by atoms with Gasteiger partial charge in [-0.2, -0.15) is 0 Å². The Morgan fingerprint density at radius 1 is 1.08 bits per heavy atom. The molecule has 134 valence electrons. The largest absolute Gasteiger partial charge is 0.466 e. The molecule has 4 heteroatoms. The number of aryl methyl sites for hydroxylation is 1. The summed E-state index contributed by atoms with van der Waals surface area (Å²) in [6.45, 7) is 2.53. The van der Waals surface area contributed by atoms with E-state index in [-0.39, 0.29) is 12.4 Å². The van der Waals surface area contributed by atoms with Gasteiger partial charge in [0.15, 0.2) is 5.76 Å². The van der Waals surface area contributed by atoms with Crippen molar-refractivity contribution in [2.45, 2.75) is 32.6 Å². The quantitative estimate of drug-likeness (QED) is 0.348. The van der Waals surface area contributed by atoms with Crippen LogP contribution in [0.15, 0.2) is 59.0 Å². The van der Waals surface area contributed by atoms with Crippen molar-refractivity contribution in [3.63, 3.8) is 0 Å². The van der Waals surface area contributed by atoms with Gasteiger partial charge in [-0.05, 0) is 18.9 Å². The molecule has 0 amide bonds. The van der Waals surface area contributed by atoms with Gasteiger partial charge in [-0.25, -0.2) is 0 Å². The van der Waals surface area contributed by atoms with Crippen LogP contribution < -0.4 is 0 Å². The number of esters is 1. The number of benzene rings is 2. The van der Waals surface area contributed by atoms with E-state index >= 15 is 0 Å². The van der Waals surface area contributed by atoms with E-state index in [0.29, 0.717) is 24.5 Å². The molecule has 3 aromatic rings. The van der Waals surface area contributed by atoms with Crippen LogP contribution in [-0.4, -0.2) is 18.3 Å². The van der Waals surface area contributed by atoms with Gasteiger partial charge in [-0.15, -0.1) is 0 Å². The third-order valence-corrected chi connectivity index (χ3v) is 4.33. The molecule has 1 heterocycles. The van der Waals surface area contributed by atoms with Crippen LogP contribution in [0.5, 0.6) is 0 Å². The summed E-state index contributed by atoms with van der Waals surface area (Å²) in [5.74, 6) is 0.319. The van der Waals surface area contributed by atoms with Crippen molar-refractivity contribution in [1.29, 1.82) is 5.41 Å². The lowest BCUT2D eigenvalue weighted by Gasteiger charge is -2.06. The Morgan fingerprint density at radius 3 is 2.58 bits per heavy atom. The van der Waals surface area contributed by atoms with Gasteiger partial charge in [-0.3, -0.25) is 10.2 Å². The molecule has 2 aromatic carbocycles. The van der Waals surface area contributed by atoms with Crippen LogP contribution in [-0.2, 0) is 16.0 Å². The number of unbranched alkanes of at least 4 members (excludes halogenated alkanes) is 1. The maximum atomic E-state index is 12.0. The standard InChI is InChI=1S/C22H23NO3/c1-2-3-15-25-20(24)14-13-18-17-11-7-8-12-19(17)26-22(18)21(23)16-9-5-4-6-10-16/h4-12,23H,2-3,13-15H2,1H3. The molecule has 0 saturated carbocycles. The molecular weight excluding hydrogens is 326 g/mol. The number of fused-ring (bicyclic) bond motifs is 1. The molecule has 1 aromatic heterocycles. The molecule has 0 unspecified atom stereocenters. The minimum atomic E-state index is -0.207. The normalized spacial score (nSPS) is 10.8. The van der Waals surface area contributed by atoms with E-state index in [2.05, 4.69) is 6.92 Å². The minimum absolute atomic E-state index is 0.207. The zero-order valence-electron chi connectivity index (χ0n) is 15.0. The van der Waals surface area contributed by atoms with Crippen molar-refractivity contribution in [2.24, 2.45) is 0 Å². The van der Waals surface area contributed by atoms with Crippen LogP contribution in [0, 0.1) is 5.41 Å². The maximum Gasteiger partial charge on any atom is 0.306 e. The van der Waals surface area contributed by atoms with E-state index in [1.54, 1.807) is 0 Å². The fraction of sp³-hybridized carbons (Fsp3) is 0.273. The first-order chi connectivity index (χ1) is 12.7. The van der Waals surface area contributed by atoms with Crippen molar-refractivity contribution in [3.05, 3.63) is 71.5 Å². The number of carbonyl (C=O) groups is 1. The Hall–Kier alpha value is -2.88. The third kappa shape index (κ3) is 4.02. The molecule has 1 N–H and O–H groups in total. The van der Waals surface area contributed by atoms with Crippen molar-refractivity contribution in [2.75, 3.05) is 6.61 Å². The predicted octanol–water partition coefficient (Wildman–Crippen LogP) is 5.12. The number of nitrogens with one attached hydrogen (secondary N) is 1. The van der Waals surface area contributed by atoms with E-state index in [4.69, 9.17) is 14.6 Å². The second-order valence-electron chi connectivity index (χ2n) is 6.22. The molecule has 3 rings (SSSR count). The maximum absolute atomic E-state index is 12.0. The highest BCUT2D eigenvalue weighted by molar-refractivity contribution is 6.12. The molecule has 0 aliphatic rings. The Balaban J connectivity index is 1.86. The lowest BCUT2D eigenvalue weighted by atomic mass is 10.00. The zero-order chi connectivity index (χ0) is 18.4. The van der Waals surface area contributed by atoms with Crippen LogP contribution in [0.4, 0.5) is 0 Å².